The minimum atomic E-state index is -4.26. The number of anilines is 1. The summed E-state index contributed by atoms with van der Waals surface area (Å²) in [4.78, 5) is 29.9. The molecule has 0 spiro atoms. The molecule has 47 heavy (non-hydrogen) atoms. The van der Waals surface area contributed by atoms with Crippen LogP contribution in [-0.4, -0.2) is 44.3 Å². The van der Waals surface area contributed by atoms with Crippen molar-refractivity contribution in [1.29, 1.82) is 0 Å². The Bertz CT molecular complexity index is 1800. The summed E-state index contributed by atoms with van der Waals surface area (Å²) in [7, 11) is -4.26. The van der Waals surface area contributed by atoms with Gasteiger partial charge in [-0.15, -0.1) is 0 Å². The van der Waals surface area contributed by atoms with Crippen LogP contribution < -0.4 is 9.62 Å². The first-order valence-corrected chi connectivity index (χ1v) is 17.9. The molecule has 1 atom stereocenters. The Morgan fingerprint density at radius 2 is 1.51 bits per heavy atom. The minimum absolute atomic E-state index is 0.0180. The number of nitrogens with one attached hydrogen (secondary N) is 1. The third-order valence-electron chi connectivity index (χ3n) is 7.83. The summed E-state index contributed by atoms with van der Waals surface area (Å²) < 4.78 is 29.6. The predicted molar refractivity (Wildman–Crippen MR) is 191 cm³/mol. The highest BCUT2D eigenvalue weighted by Crippen LogP contribution is 2.32. The molecule has 1 N–H and O–H groups in total. The van der Waals surface area contributed by atoms with E-state index in [1.807, 2.05) is 44.2 Å². The summed E-state index contributed by atoms with van der Waals surface area (Å²) >= 11 is 19.0. The van der Waals surface area contributed by atoms with Crippen LogP contribution in [0.25, 0.3) is 0 Å². The van der Waals surface area contributed by atoms with Gasteiger partial charge in [0.05, 0.1) is 20.6 Å². The van der Waals surface area contributed by atoms with Crippen molar-refractivity contribution in [1.82, 2.24) is 10.2 Å². The number of carbonyl (C=O) groups is 2. The number of aryl methyl sites for hydroxylation is 1. The van der Waals surface area contributed by atoms with E-state index in [0.717, 1.165) is 28.3 Å². The summed E-state index contributed by atoms with van der Waals surface area (Å²) in [6.07, 6.45) is 1.84. The predicted octanol–water partition coefficient (Wildman–Crippen LogP) is 8.02. The molecule has 7 nitrogen and oxygen atoms in total. The molecule has 11 heteroatoms. The largest absolute Gasteiger partial charge is 0.354 e. The second kappa shape index (κ2) is 16.5. The Morgan fingerprint density at radius 3 is 2.17 bits per heavy atom. The number of sulfonamides is 1. The van der Waals surface area contributed by atoms with Gasteiger partial charge in [-0.25, -0.2) is 8.42 Å². The number of hydrogen-bond acceptors (Lipinski definition) is 4. The van der Waals surface area contributed by atoms with Gasteiger partial charge in [0.2, 0.25) is 11.8 Å². The van der Waals surface area contributed by atoms with E-state index in [-0.39, 0.29) is 29.5 Å². The smallest absolute Gasteiger partial charge is 0.264 e. The molecule has 4 aromatic rings. The number of amides is 2. The Labute approximate surface area is 292 Å². The van der Waals surface area contributed by atoms with E-state index in [4.69, 9.17) is 34.8 Å². The van der Waals surface area contributed by atoms with Crippen molar-refractivity contribution >= 4 is 62.3 Å². The van der Waals surface area contributed by atoms with Gasteiger partial charge in [-0.1, -0.05) is 108 Å². The zero-order valence-electron chi connectivity index (χ0n) is 26.5. The number of rotatable bonds is 14. The molecule has 0 aliphatic carbocycles. The van der Waals surface area contributed by atoms with E-state index in [2.05, 4.69) is 5.32 Å². The fourth-order valence-electron chi connectivity index (χ4n) is 5.11. The van der Waals surface area contributed by atoms with Crippen molar-refractivity contribution in [3.05, 3.63) is 128 Å². The van der Waals surface area contributed by atoms with Gasteiger partial charge >= 0.3 is 0 Å². The molecule has 0 aliphatic rings. The molecule has 248 valence electrons. The van der Waals surface area contributed by atoms with E-state index >= 15 is 0 Å². The average molecular weight is 715 g/mol. The van der Waals surface area contributed by atoms with Crippen LogP contribution in [0.15, 0.2) is 95.9 Å². The minimum Gasteiger partial charge on any atom is -0.354 e. The maximum Gasteiger partial charge on any atom is 0.264 e. The molecular formula is C36H38Cl3N3O4S. The van der Waals surface area contributed by atoms with Crippen molar-refractivity contribution in [3.63, 3.8) is 0 Å². The average Bonchev–Trinajstić information content (AvgIpc) is 3.05. The quantitative estimate of drug-likeness (QED) is 0.134. The van der Waals surface area contributed by atoms with Crippen LogP contribution in [-0.2, 0) is 32.6 Å². The van der Waals surface area contributed by atoms with Gasteiger partial charge in [0.25, 0.3) is 10.0 Å². The van der Waals surface area contributed by atoms with Crippen LogP contribution in [0.3, 0.4) is 0 Å². The summed E-state index contributed by atoms with van der Waals surface area (Å²) in [5, 5.41) is 3.97. The number of benzene rings is 4. The van der Waals surface area contributed by atoms with E-state index in [1.54, 1.807) is 55.5 Å². The Balaban J connectivity index is 1.83. The monoisotopic (exact) mass is 713 g/mol. The third-order valence-corrected chi connectivity index (χ3v) is 10.8. The maximum absolute atomic E-state index is 14.6. The van der Waals surface area contributed by atoms with E-state index in [0.29, 0.717) is 32.7 Å². The zero-order chi connectivity index (χ0) is 34.1. The van der Waals surface area contributed by atoms with Gasteiger partial charge in [-0.3, -0.25) is 13.9 Å². The number of hydrogen-bond donors (Lipinski definition) is 1. The molecule has 4 rings (SSSR count). The molecule has 0 heterocycles. The molecule has 0 saturated heterocycles. The Morgan fingerprint density at radius 1 is 0.809 bits per heavy atom. The lowest BCUT2D eigenvalue weighted by Gasteiger charge is -2.34. The van der Waals surface area contributed by atoms with Crippen LogP contribution in [0, 0.1) is 13.8 Å². The Kier molecular flexibility index (Phi) is 12.7. The van der Waals surface area contributed by atoms with Crippen molar-refractivity contribution in [2.75, 3.05) is 17.4 Å². The first-order chi connectivity index (χ1) is 22.4. The van der Waals surface area contributed by atoms with Crippen molar-refractivity contribution in [2.45, 2.75) is 57.5 Å². The molecule has 0 saturated carbocycles. The van der Waals surface area contributed by atoms with Crippen LogP contribution in [0.1, 0.15) is 42.0 Å². The standard InChI is InChI=1S/C36H38Cl3N3O4S/c1-4-5-20-40-36(44)34(22-27-10-7-6-8-11-27)41(23-28-16-19-31(38)32(39)21-28)35(43)24-42(33-13-9-12-30(37)26(33)3)47(45,46)29-17-14-25(2)15-18-29/h6-19,21,34H,4-5,20,22-24H2,1-3H3,(H,40,44)/t34-/m0/s1. The molecule has 0 radical (unpaired) electrons. The van der Waals surface area contributed by atoms with Gasteiger partial charge in [-0.2, -0.15) is 0 Å². The molecular weight excluding hydrogens is 677 g/mol. The van der Waals surface area contributed by atoms with E-state index in [9.17, 15) is 18.0 Å². The first-order valence-electron chi connectivity index (χ1n) is 15.3. The fraction of sp³-hybridized carbons (Fsp3) is 0.278. The highest BCUT2D eigenvalue weighted by Gasteiger charge is 2.35. The number of carbonyl (C=O) groups excluding carboxylic acids is 2. The Hall–Kier alpha value is -3.56. The lowest BCUT2D eigenvalue weighted by Crippen LogP contribution is -2.53. The van der Waals surface area contributed by atoms with Crippen molar-refractivity contribution < 1.29 is 18.0 Å². The molecule has 0 bridgehead atoms. The SMILES string of the molecule is CCCCNC(=O)[C@H](Cc1ccccc1)N(Cc1ccc(Cl)c(Cl)c1)C(=O)CN(c1cccc(Cl)c1C)S(=O)(=O)c1ccc(C)cc1. The van der Waals surface area contributed by atoms with E-state index < -0.39 is 28.5 Å². The van der Waals surface area contributed by atoms with Crippen molar-refractivity contribution in [2.24, 2.45) is 0 Å². The zero-order valence-corrected chi connectivity index (χ0v) is 29.6. The van der Waals surface area contributed by atoms with Crippen LogP contribution in [0.5, 0.6) is 0 Å². The summed E-state index contributed by atoms with van der Waals surface area (Å²) in [6.45, 7) is 5.40. The van der Waals surface area contributed by atoms with Gasteiger partial charge in [0.15, 0.2) is 0 Å². The second-order valence-electron chi connectivity index (χ2n) is 11.3. The van der Waals surface area contributed by atoms with E-state index in [1.165, 1.54) is 17.0 Å². The topological polar surface area (TPSA) is 86.8 Å². The van der Waals surface area contributed by atoms with Gasteiger partial charge in [0.1, 0.15) is 12.6 Å². The molecule has 0 unspecified atom stereocenters. The summed E-state index contributed by atoms with van der Waals surface area (Å²) in [5.74, 6) is -0.930. The normalized spacial score (nSPS) is 12.0. The molecule has 0 aliphatic heterocycles. The molecule has 4 aromatic carbocycles. The maximum atomic E-state index is 14.6. The summed E-state index contributed by atoms with van der Waals surface area (Å²) in [5.41, 5.74) is 3.10. The number of nitrogens with zero attached hydrogens (tertiary/aromatic N) is 2. The lowest BCUT2D eigenvalue weighted by molar-refractivity contribution is -0.140. The number of unbranched alkanes of at least 4 members (excludes halogenated alkanes) is 1. The molecule has 0 fully saturated rings. The highest BCUT2D eigenvalue weighted by molar-refractivity contribution is 7.92. The first kappa shape index (κ1) is 36.3. The van der Waals surface area contributed by atoms with Crippen LogP contribution >= 0.6 is 34.8 Å². The lowest BCUT2D eigenvalue weighted by atomic mass is 10.0. The fourth-order valence-corrected chi connectivity index (χ4v) is 7.07. The van der Waals surface area contributed by atoms with Crippen LogP contribution in [0.4, 0.5) is 5.69 Å². The number of halogens is 3. The molecule has 0 aromatic heterocycles. The molecule has 2 amide bonds. The van der Waals surface area contributed by atoms with Crippen molar-refractivity contribution in [3.8, 4) is 0 Å². The highest BCUT2D eigenvalue weighted by atomic mass is 35.5. The van der Waals surface area contributed by atoms with Crippen LogP contribution in [0.2, 0.25) is 15.1 Å². The third kappa shape index (κ3) is 9.29. The summed E-state index contributed by atoms with van der Waals surface area (Å²) in [6, 6.07) is 24.7. The van der Waals surface area contributed by atoms with Gasteiger partial charge in [-0.05, 0) is 73.4 Å². The van der Waals surface area contributed by atoms with Gasteiger partial charge < -0.3 is 10.2 Å². The second-order valence-corrected chi connectivity index (χ2v) is 14.4. The van der Waals surface area contributed by atoms with Gasteiger partial charge in [0, 0.05) is 24.5 Å².